The van der Waals surface area contributed by atoms with Gasteiger partial charge in [0, 0.05) is 0 Å². The van der Waals surface area contributed by atoms with Crippen LogP contribution < -0.4 is 5.73 Å². The zero-order valence-electron chi connectivity index (χ0n) is 6.68. The lowest BCUT2D eigenvalue weighted by Crippen LogP contribution is -2.25. The third-order valence-corrected chi connectivity index (χ3v) is 3.38. The molecular weight excluding hydrogens is 162 g/mol. The number of halogens is 1. The average Bonchev–Trinajstić information content (AvgIpc) is 2.42. The van der Waals surface area contributed by atoms with E-state index < -0.39 is 0 Å². The molecule has 2 fully saturated rings. The maximum absolute atomic E-state index is 9.78. The van der Waals surface area contributed by atoms with Crippen LogP contribution >= 0.6 is 12.4 Å². The molecule has 0 radical (unpaired) electrons. The lowest BCUT2D eigenvalue weighted by atomic mass is 9.84. The zero-order chi connectivity index (χ0) is 7.24. The summed E-state index contributed by atoms with van der Waals surface area (Å²) in [5.41, 5.74) is 5.69. The van der Waals surface area contributed by atoms with Crippen LogP contribution in [0.3, 0.4) is 0 Å². The zero-order valence-corrected chi connectivity index (χ0v) is 7.49. The van der Waals surface area contributed by atoms with Crippen molar-refractivity contribution in [1.29, 1.82) is 0 Å². The predicted molar refractivity (Wildman–Crippen MR) is 46.8 cm³/mol. The van der Waals surface area contributed by atoms with E-state index in [1.165, 1.54) is 0 Å². The first-order valence-corrected chi connectivity index (χ1v) is 4.11. The number of rotatable bonds is 1. The van der Waals surface area contributed by atoms with Crippen LogP contribution in [0.5, 0.6) is 0 Å². The van der Waals surface area contributed by atoms with Gasteiger partial charge in [0.25, 0.3) is 0 Å². The molecule has 0 atom stereocenters. The molecule has 0 unspecified atom stereocenters. The van der Waals surface area contributed by atoms with Gasteiger partial charge < -0.3 is 10.8 Å². The van der Waals surface area contributed by atoms with Crippen molar-refractivity contribution in [2.75, 3.05) is 6.54 Å². The maximum Gasteiger partial charge on any atom is 0.0654 e. The van der Waals surface area contributed by atoms with Crippen molar-refractivity contribution in [3.63, 3.8) is 0 Å². The average molecular weight is 178 g/mol. The highest BCUT2D eigenvalue weighted by Crippen LogP contribution is 2.55. The minimum absolute atomic E-state index is 0. The highest BCUT2D eigenvalue weighted by molar-refractivity contribution is 5.85. The fraction of sp³-hybridized carbons (Fsp3) is 1.00. The Morgan fingerprint density at radius 3 is 1.91 bits per heavy atom. The highest BCUT2D eigenvalue weighted by atomic mass is 35.5. The van der Waals surface area contributed by atoms with Gasteiger partial charge in [0.1, 0.15) is 0 Å². The standard InChI is InChI=1S/C8H15NO.ClH/c9-6-7-1-3-8(10,5-7)4-2-7;/h10H,1-6,9H2;1H. The first-order chi connectivity index (χ1) is 4.68. The molecule has 0 aromatic rings. The third kappa shape index (κ3) is 1.28. The van der Waals surface area contributed by atoms with Gasteiger partial charge >= 0.3 is 0 Å². The van der Waals surface area contributed by atoms with Gasteiger partial charge in [-0.15, -0.1) is 12.4 Å². The summed E-state index contributed by atoms with van der Waals surface area (Å²) in [5, 5.41) is 9.78. The van der Waals surface area contributed by atoms with E-state index in [9.17, 15) is 5.11 Å². The van der Waals surface area contributed by atoms with Gasteiger partial charge in [-0.3, -0.25) is 0 Å². The lowest BCUT2D eigenvalue weighted by Gasteiger charge is -2.23. The molecule has 0 heterocycles. The van der Waals surface area contributed by atoms with E-state index in [1.807, 2.05) is 0 Å². The van der Waals surface area contributed by atoms with Crippen LogP contribution in [0, 0.1) is 5.41 Å². The van der Waals surface area contributed by atoms with E-state index in [2.05, 4.69) is 0 Å². The largest absolute Gasteiger partial charge is 0.390 e. The molecule has 0 aromatic heterocycles. The Kier molecular flexibility index (Phi) is 2.21. The van der Waals surface area contributed by atoms with Crippen molar-refractivity contribution < 1.29 is 5.11 Å². The molecule has 0 saturated heterocycles. The summed E-state index contributed by atoms with van der Waals surface area (Å²) >= 11 is 0. The first kappa shape index (κ1) is 9.30. The van der Waals surface area contributed by atoms with Crippen LogP contribution in [-0.4, -0.2) is 17.3 Å². The van der Waals surface area contributed by atoms with Crippen molar-refractivity contribution in [1.82, 2.24) is 0 Å². The number of fused-ring (bicyclic) bond motifs is 2. The predicted octanol–water partition coefficient (Wildman–Crippen LogP) is 1.06. The molecule has 0 aliphatic heterocycles. The molecule has 11 heavy (non-hydrogen) atoms. The summed E-state index contributed by atoms with van der Waals surface area (Å²) in [5.74, 6) is 0. The second-order valence-corrected chi connectivity index (χ2v) is 4.11. The number of nitrogens with two attached hydrogens (primary N) is 1. The van der Waals surface area contributed by atoms with E-state index in [-0.39, 0.29) is 18.0 Å². The van der Waals surface area contributed by atoms with Crippen LogP contribution in [0.15, 0.2) is 0 Å². The molecule has 2 nitrogen and oxygen atoms in total. The van der Waals surface area contributed by atoms with Crippen molar-refractivity contribution in [3.05, 3.63) is 0 Å². The quantitative estimate of drug-likeness (QED) is 0.630. The van der Waals surface area contributed by atoms with Gasteiger partial charge in [-0.25, -0.2) is 0 Å². The van der Waals surface area contributed by atoms with E-state index >= 15 is 0 Å². The van der Waals surface area contributed by atoms with E-state index in [0.29, 0.717) is 5.41 Å². The molecule has 0 amide bonds. The Hall–Kier alpha value is 0.210. The Morgan fingerprint density at radius 2 is 1.73 bits per heavy atom. The summed E-state index contributed by atoms with van der Waals surface area (Å²) < 4.78 is 0. The second-order valence-electron chi connectivity index (χ2n) is 4.11. The second kappa shape index (κ2) is 2.61. The lowest BCUT2D eigenvalue weighted by molar-refractivity contribution is 0.0521. The van der Waals surface area contributed by atoms with Gasteiger partial charge in [-0.2, -0.15) is 0 Å². The van der Waals surface area contributed by atoms with Gasteiger partial charge in [-0.05, 0) is 44.1 Å². The smallest absolute Gasteiger partial charge is 0.0654 e. The molecular formula is C8H16ClNO. The first-order valence-electron chi connectivity index (χ1n) is 4.11. The van der Waals surface area contributed by atoms with Crippen LogP contribution in [0.1, 0.15) is 32.1 Å². The summed E-state index contributed by atoms with van der Waals surface area (Å²) in [6.45, 7) is 0.773. The van der Waals surface area contributed by atoms with Crippen molar-refractivity contribution >= 4 is 12.4 Å². The Balaban J connectivity index is 0.000000605. The van der Waals surface area contributed by atoms with Crippen LogP contribution in [0.2, 0.25) is 0 Å². The molecule has 3 heteroatoms. The molecule has 66 valence electrons. The SMILES string of the molecule is Cl.NCC12CCC(O)(CC1)C2. The van der Waals surface area contributed by atoms with Crippen LogP contribution in [0.25, 0.3) is 0 Å². The topological polar surface area (TPSA) is 46.2 Å². The number of aliphatic hydroxyl groups is 1. The van der Waals surface area contributed by atoms with Crippen molar-refractivity contribution in [2.45, 2.75) is 37.7 Å². The summed E-state index contributed by atoms with van der Waals surface area (Å²) in [6, 6.07) is 0. The minimum Gasteiger partial charge on any atom is -0.390 e. The summed E-state index contributed by atoms with van der Waals surface area (Å²) in [6.07, 6.45) is 5.25. The maximum atomic E-state index is 9.78. The Morgan fingerprint density at radius 1 is 1.18 bits per heavy atom. The molecule has 3 N–H and O–H groups in total. The van der Waals surface area contributed by atoms with Gasteiger partial charge in [0.15, 0.2) is 0 Å². The molecule has 2 bridgehead atoms. The fourth-order valence-electron chi connectivity index (χ4n) is 2.57. The molecule has 2 saturated carbocycles. The summed E-state index contributed by atoms with van der Waals surface area (Å²) in [4.78, 5) is 0. The molecule has 0 aromatic carbocycles. The van der Waals surface area contributed by atoms with Gasteiger partial charge in [0.05, 0.1) is 5.60 Å². The molecule has 2 rings (SSSR count). The monoisotopic (exact) mass is 177 g/mol. The van der Waals surface area contributed by atoms with Crippen molar-refractivity contribution in [2.24, 2.45) is 11.1 Å². The van der Waals surface area contributed by atoms with Gasteiger partial charge in [0.2, 0.25) is 0 Å². The molecule has 2 aliphatic carbocycles. The fourth-order valence-corrected chi connectivity index (χ4v) is 2.57. The Bertz CT molecular complexity index is 152. The number of hydrogen-bond donors (Lipinski definition) is 2. The highest BCUT2D eigenvalue weighted by Gasteiger charge is 2.52. The summed E-state index contributed by atoms with van der Waals surface area (Å²) in [7, 11) is 0. The number of hydrogen-bond acceptors (Lipinski definition) is 2. The van der Waals surface area contributed by atoms with E-state index in [0.717, 1.165) is 38.6 Å². The molecule has 0 spiro atoms. The normalized spacial score (nSPS) is 47.5. The Labute approximate surface area is 73.6 Å². The third-order valence-electron chi connectivity index (χ3n) is 3.38. The minimum atomic E-state index is -0.306. The van der Waals surface area contributed by atoms with E-state index in [4.69, 9.17) is 5.73 Å². The van der Waals surface area contributed by atoms with E-state index in [1.54, 1.807) is 0 Å². The van der Waals surface area contributed by atoms with Crippen molar-refractivity contribution in [3.8, 4) is 0 Å². The van der Waals surface area contributed by atoms with Crippen LogP contribution in [-0.2, 0) is 0 Å². The van der Waals surface area contributed by atoms with Gasteiger partial charge in [-0.1, -0.05) is 0 Å². The molecule has 2 aliphatic rings. The van der Waals surface area contributed by atoms with Crippen LogP contribution in [0.4, 0.5) is 0 Å².